The van der Waals surface area contributed by atoms with Gasteiger partial charge in [-0.3, -0.25) is 9.69 Å². The van der Waals surface area contributed by atoms with Crippen LogP contribution < -0.4 is 14.8 Å². The van der Waals surface area contributed by atoms with Gasteiger partial charge in [-0.2, -0.15) is 0 Å². The fourth-order valence-corrected chi connectivity index (χ4v) is 4.90. The molecule has 1 aromatic rings. The molecular weight excluding hydrogens is 378 g/mol. The summed E-state index contributed by atoms with van der Waals surface area (Å²) < 4.78 is 10.8. The Bertz CT molecular complexity index is 714. The topological polar surface area (TPSA) is 54.0 Å². The molecule has 0 aliphatic carbocycles. The van der Waals surface area contributed by atoms with E-state index < -0.39 is 0 Å². The third-order valence-electron chi connectivity index (χ3n) is 6.28. The van der Waals surface area contributed by atoms with Gasteiger partial charge in [0.15, 0.2) is 11.5 Å². The van der Waals surface area contributed by atoms with Gasteiger partial charge >= 0.3 is 0 Å². The Kier molecular flexibility index (Phi) is 6.28. The highest BCUT2D eigenvalue weighted by Gasteiger charge is 2.34. The van der Waals surface area contributed by atoms with E-state index in [-0.39, 0.29) is 6.79 Å². The minimum absolute atomic E-state index is 0.255. The van der Waals surface area contributed by atoms with E-state index in [1.54, 1.807) is 0 Å². The smallest absolute Gasteiger partial charge is 0.231 e. The molecule has 4 rings (SSSR count). The summed E-state index contributed by atoms with van der Waals surface area (Å²) in [4.78, 5) is 17.1. The van der Waals surface area contributed by atoms with Gasteiger partial charge in [-0.15, -0.1) is 0 Å². The van der Waals surface area contributed by atoms with E-state index in [1.165, 1.54) is 19.4 Å². The molecule has 7 heteroatoms. The van der Waals surface area contributed by atoms with Crippen molar-refractivity contribution in [3.05, 3.63) is 22.7 Å². The fraction of sp³-hybridized carbons (Fsp3) is 0.667. The third kappa shape index (κ3) is 4.24. The molecular formula is C21H30ClN3O3. The van der Waals surface area contributed by atoms with Crippen molar-refractivity contribution >= 4 is 17.5 Å². The summed E-state index contributed by atoms with van der Waals surface area (Å²) in [6, 6.07) is 4.66. The zero-order valence-electron chi connectivity index (χ0n) is 16.6. The molecule has 2 saturated heterocycles. The van der Waals surface area contributed by atoms with E-state index in [0.717, 1.165) is 43.8 Å². The lowest BCUT2D eigenvalue weighted by atomic mass is 10.1. The van der Waals surface area contributed by atoms with E-state index >= 15 is 0 Å². The standard InChI is InChI=1S/C21H30ClN3O3/c1-2-24-9-3-4-17(24)13-25-16(5-6-21(25)26)7-8-23-12-15-10-19-20(11-18(15)22)28-14-27-19/h10-11,16-17,23H,2-9,12-14H2,1H3/t16-,17-/m1/s1. The average molecular weight is 408 g/mol. The summed E-state index contributed by atoms with van der Waals surface area (Å²) in [6.45, 7) is 7.16. The predicted molar refractivity (Wildman–Crippen MR) is 109 cm³/mol. The Hall–Kier alpha value is -1.50. The van der Waals surface area contributed by atoms with E-state index in [9.17, 15) is 4.79 Å². The number of halogens is 1. The molecule has 3 aliphatic heterocycles. The summed E-state index contributed by atoms with van der Waals surface area (Å²) in [7, 11) is 0. The van der Waals surface area contributed by atoms with Crippen molar-refractivity contribution in [2.75, 3.05) is 33.0 Å². The van der Waals surface area contributed by atoms with Gasteiger partial charge in [-0.1, -0.05) is 18.5 Å². The third-order valence-corrected chi connectivity index (χ3v) is 6.63. The van der Waals surface area contributed by atoms with E-state index in [4.69, 9.17) is 21.1 Å². The number of likely N-dealkylation sites (N-methyl/N-ethyl adjacent to an activating group) is 1. The second-order valence-corrected chi connectivity index (χ2v) is 8.33. The Morgan fingerprint density at radius 2 is 2.04 bits per heavy atom. The van der Waals surface area contributed by atoms with Crippen molar-refractivity contribution < 1.29 is 14.3 Å². The van der Waals surface area contributed by atoms with E-state index in [2.05, 4.69) is 22.0 Å². The summed E-state index contributed by atoms with van der Waals surface area (Å²) in [5.41, 5.74) is 1.01. The number of hydrogen-bond acceptors (Lipinski definition) is 5. The van der Waals surface area contributed by atoms with Crippen LogP contribution in [0, 0.1) is 0 Å². The molecule has 1 N–H and O–H groups in total. The Morgan fingerprint density at radius 1 is 1.21 bits per heavy atom. The predicted octanol–water partition coefficient (Wildman–Crippen LogP) is 3.02. The van der Waals surface area contributed by atoms with Crippen molar-refractivity contribution in [2.45, 2.75) is 57.7 Å². The highest BCUT2D eigenvalue weighted by Crippen LogP contribution is 2.36. The molecule has 0 saturated carbocycles. The van der Waals surface area contributed by atoms with Crippen LogP contribution in [0.1, 0.15) is 44.6 Å². The molecule has 3 aliphatic rings. The van der Waals surface area contributed by atoms with Gasteiger partial charge < -0.3 is 19.7 Å². The zero-order chi connectivity index (χ0) is 19.5. The molecule has 0 unspecified atom stereocenters. The van der Waals surface area contributed by atoms with Crippen LogP contribution in [0.25, 0.3) is 0 Å². The maximum atomic E-state index is 12.4. The van der Waals surface area contributed by atoms with Gasteiger partial charge in [0.05, 0.1) is 0 Å². The van der Waals surface area contributed by atoms with Crippen molar-refractivity contribution in [2.24, 2.45) is 0 Å². The molecule has 0 aromatic heterocycles. The van der Waals surface area contributed by atoms with Crippen LogP contribution in [-0.2, 0) is 11.3 Å². The van der Waals surface area contributed by atoms with E-state index in [1.807, 2.05) is 12.1 Å². The maximum absolute atomic E-state index is 12.4. The number of fused-ring (bicyclic) bond motifs is 1. The van der Waals surface area contributed by atoms with Gasteiger partial charge in [-0.25, -0.2) is 0 Å². The lowest BCUT2D eigenvalue weighted by Crippen LogP contribution is -2.44. The number of rotatable bonds is 8. The van der Waals surface area contributed by atoms with Crippen LogP contribution in [0.4, 0.5) is 0 Å². The van der Waals surface area contributed by atoms with Gasteiger partial charge in [0, 0.05) is 42.7 Å². The van der Waals surface area contributed by atoms with Crippen molar-refractivity contribution in [1.29, 1.82) is 0 Å². The molecule has 1 aromatic carbocycles. The number of benzene rings is 1. The highest BCUT2D eigenvalue weighted by atomic mass is 35.5. The number of ether oxygens (including phenoxy) is 2. The largest absolute Gasteiger partial charge is 0.454 e. The van der Waals surface area contributed by atoms with Crippen LogP contribution >= 0.6 is 11.6 Å². The van der Waals surface area contributed by atoms with E-state index in [0.29, 0.717) is 41.7 Å². The van der Waals surface area contributed by atoms with Crippen molar-refractivity contribution in [3.63, 3.8) is 0 Å². The number of carbonyl (C=O) groups excluding carboxylic acids is 1. The zero-order valence-corrected chi connectivity index (χ0v) is 17.3. The number of nitrogens with one attached hydrogen (secondary N) is 1. The summed E-state index contributed by atoms with van der Waals surface area (Å²) in [6.07, 6.45) is 5.11. The Labute approximate surface area is 172 Å². The normalized spacial score (nSPS) is 24.5. The minimum Gasteiger partial charge on any atom is -0.454 e. The lowest BCUT2D eigenvalue weighted by Gasteiger charge is -2.31. The van der Waals surface area contributed by atoms with Crippen LogP contribution in [0.15, 0.2) is 12.1 Å². The number of amides is 1. The Morgan fingerprint density at radius 3 is 2.86 bits per heavy atom. The second kappa shape index (κ2) is 8.89. The van der Waals surface area contributed by atoms with Gasteiger partial charge in [-0.05, 0) is 56.9 Å². The average Bonchev–Trinajstić information content (AvgIpc) is 3.41. The first-order valence-corrected chi connectivity index (χ1v) is 10.9. The molecule has 2 fully saturated rings. The summed E-state index contributed by atoms with van der Waals surface area (Å²) in [5.74, 6) is 1.79. The van der Waals surface area contributed by atoms with Gasteiger partial charge in [0.2, 0.25) is 12.7 Å². The molecule has 154 valence electrons. The molecule has 28 heavy (non-hydrogen) atoms. The molecule has 1 amide bonds. The SMILES string of the molecule is CCN1CCC[C@@H]1CN1C(=O)CC[C@@H]1CCNCc1cc2c(cc1Cl)OCO2. The molecule has 2 atom stereocenters. The van der Waals surface area contributed by atoms with Crippen molar-refractivity contribution in [1.82, 2.24) is 15.1 Å². The first-order valence-electron chi connectivity index (χ1n) is 10.5. The minimum atomic E-state index is 0.255. The number of nitrogens with zero attached hydrogens (tertiary/aromatic N) is 2. The molecule has 0 radical (unpaired) electrons. The monoisotopic (exact) mass is 407 g/mol. The number of hydrogen-bond donors (Lipinski definition) is 1. The van der Waals surface area contributed by atoms with Crippen LogP contribution in [0.2, 0.25) is 5.02 Å². The summed E-state index contributed by atoms with van der Waals surface area (Å²) >= 11 is 6.35. The number of carbonyl (C=O) groups is 1. The first kappa shape index (κ1) is 19.8. The Balaban J connectivity index is 1.26. The molecule has 6 nitrogen and oxygen atoms in total. The lowest BCUT2D eigenvalue weighted by molar-refractivity contribution is -0.129. The summed E-state index contributed by atoms with van der Waals surface area (Å²) in [5, 5.41) is 4.17. The number of likely N-dealkylation sites (tertiary alicyclic amines) is 2. The maximum Gasteiger partial charge on any atom is 0.231 e. The quantitative estimate of drug-likeness (QED) is 0.671. The van der Waals surface area contributed by atoms with Crippen LogP contribution in [0.3, 0.4) is 0 Å². The second-order valence-electron chi connectivity index (χ2n) is 7.93. The van der Waals surface area contributed by atoms with Crippen molar-refractivity contribution in [3.8, 4) is 11.5 Å². The van der Waals surface area contributed by atoms with Gasteiger partial charge in [0.25, 0.3) is 0 Å². The van der Waals surface area contributed by atoms with Gasteiger partial charge in [0.1, 0.15) is 0 Å². The molecule has 0 bridgehead atoms. The molecule has 3 heterocycles. The first-order chi connectivity index (χ1) is 13.7. The van der Waals surface area contributed by atoms with Crippen LogP contribution in [-0.4, -0.2) is 60.8 Å². The fourth-order valence-electron chi connectivity index (χ4n) is 4.68. The highest BCUT2D eigenvalue weighted by molar-refractivity contribution is 6.31. The van der Waals surface area contributed by atoms with Crippen LogP contribution in [0.5, 0.6) is 11.5 Å². The molecule has 0 spiro atoms.